The fourth-order valence-electron chi connectivity index (χ4n) is 4.99. The highest BCUT2D eigenvalue weighted by molar-refractivity contribution is 6.18. The number of hydrogen-bond donors (Lipinski definition) is 1. The quantitative estimate of drug-likeness (QED) is 0.443. The number of esters is 2. The van der Waals surface area contributed by atoms with Gasteiger partial charge in [-0.2, -0.15) is 0 Å². The van der Waals surface area contributed by atoms with Gasteiger partial charge in [0.1, 0.15) is 11.7 Å². The van der Waals surface area contributed by atoms with Crippen LogP contribution in [0.2, 0.25) is 0 Å². The summed E-state index contributed by atoms with van der Waals surface area (Å²) in [6.45, 7) is 3.00. The van der Waals surface area contributed by atoms with Crippen molar-refractivity contribution in [2.24, 2.45) is 11.3 Å². The van der Waals surface area contributed by atoms with Gasteiger partial charge in [-0.1, -0.05) is 18.2 Å². The van der Waals surface area contributed by atoms with Crippen molar-refractivity contribution in [3.63, 3.8) is 0 Å². The minimum atomic E-state index is -2.32. The summed E-state index contributed by atoms with van der Waals surface area (Å²) in [7, 11) is 1.51. The first-order valence-corrected chi connectivity index (χ1v) is 9.71. The van der Waals surface area contributed by atoms with Crippen LogP contribution >= 0.6 is 0 Å². The summed E-state index contributed by atoms with van der Waals surface area (Å²) in [5.74, 6) is -3.90. The third-order valence-electron chi connectivity index (χ3n) is 6.12. The van der Waals surface area contributed by atoms with E-state index in [0.29, 0.717) is 17.5 Å². The van der Waals surface area contributed by atoms with Gasteiger partial charge in [0, 0.05) is 18.7 Å². The molecule has 3 atom stereocenters. The topological polar surface area (TPSA) is 110 Å². The second-order valence-corrected chi connectivity index (χ2v) is 7.27. The van der Waals surface area contributed by atoms with Gasteiger partial charge in [0.05, 0.1) is 19.3 Å². The average Bonchev–Trinajstić information content (AvgIpc) is 2.93. The predicted octanol–water partition coefficient (Wildman–Crippen LogP) is 0.983. The Morgan fingerprint density at radius 2 is 1.76 bits per heavy atom. The molecule has 0 radical (unpaired) electrons. The van der Waals surface area contributed by atoms with Gasteiger partial charge in [-0.25, -0.2) is 0 Å². The maximum absolute atomic E-state index is 13.7. The Morgan fingerprint density at radius 1 is 1.17 bits per heavy atom. The molecule has 8 heteroatoms. The number of anilines is 1. The highest BCUT2D eigenvalue weighted by Gasteiger charge is 2.78. The smallest absolute Gasteiger partial charge is 0.325 e. The molecule has 0 aromatic heterocycles. The van der Waals surface area contributed by atoms with E-state index in [4.69, 9.17) is 9.47 Å². The molecule has 1 spiro atoms. The predicted molar refractivity (Wildman–Crippen MR) is 102 cm³/mol. The van der Waals surface area contributed by atoms with E-state index in [1.54, 1.807) is 38.1 Å². The Morgan fingerprint density at radius 3 is 2.31 bits per heavy atom. The van der Waals surface area contributed by atoms with E-state index in [1.807, 2.05) is 0 Å². The summed E-state index contributed by atoms with van der Waals surface area (Å²) in [4.78, 5) is 53.9. The maximum atomic E-state index is 13.7. The number of hydrogen-bond acceptors (Lipinski definition) is 7. The normalized spacial score (nSPS) is 27.4. The molecule has 156 valence electrons. The van der Waals surface area contributed by atoms with Gasteiger partial charge >= 0.3 is 11.9 Å². The minimum Gasteiger partial charge on any atom is -0.465 e. The lowest BCUT2D eigenvalue weighted by Crippen LogP contribution is -2.71. The Kier molecular flexibility index (Phi) is 5.49. The molecule has 1 aromatic carbocycles. The number of aldehydes is 1. The first kappa shape index (κ1) is 21.0. The van der Waals surface area contributed by atoms with Crippen LogP contribution in [0.5, 0.6) is 0 Å². The lowest BCUT2D eigenvalue weighted by atomic mass is 9.48. The lowest BCUT2D eigenvalue weighted by molar-refractivity contribution is -0.198. The minimum absolute atomic E-state index is 0.0448. The number of fused-ring (bicyclic) bond motifs is 2. The van der Waals surface area contributed by atoms with Crippen molar-refractivity contribution in [3.8, 4) is 0 Å². The van der Waals surface area contributed by atoms with Crippen molar-refractivity contribution < 1.29 is 33.8 Å². The highest BCUT2D eigenvalue weighted by Crippen LogP contribution is 2.61. The lowest BCUT2D eigenvalue weighted by Gasteiger charge is -2.51. The van der Waals surface area contributed by atoms with Gasteiger partial charge in [-0.05, 0) is 38.3 Å². The van der Waals surface area contributed by atoms with E-state index in [-0.39, 0.29) is 26.1 Å². The molecule has 29 heavy (non-hydrogen) atoms. The van der Waals surface area contributed by atoms with E-state index in [9.17, 15) is 24.3 Å². The molecule has 0 bridgehead atoms. The van der Waals surface area contributed by atoms with E-state index in [2.05, 4.69) is 0 Å². The molecule has 1 fully saturated rings. The summed E-state index contributed by atoms with van der Waals surface area (Å²) >= 11 is 0. The molecule has 1 heterocycles. The van der Waals surface area contributed by atoms with Crippen LogP contribution in [0.1, 0.15) is 32.3 Å². The summed E-state index contributed by atoms with van der Waals surface area (Å²) in [6.07, 6.45) is -0.775. The van der Waals surface area contributed by atoms with Gasteiger partial charge in [0.25, 0.3) is 0 Å². The fourth-order valence-corrected chi connectivity index (χ4v) is 4.99. The third-order valence-corrected chi connectivity index (χ3v) is 6.12. The number of amides is 1. The summed E-state index contributed by atoms with van der Waals surface area (Å²) in [5, 5.41) is 11.2. The molecule has 0 saturated heterocycles. The first-order valence-electron chi connectivity index (χ1n) is 9.71. The zero-order valence-electron chi connectivity index (χ0n) is 16.7. The number of aliphatic hydroxyl groups is 1. The number of ether oxygens (including phenoxy) is 2. The van der Waals surface area contributed by atoms with Crippen LogP contribution in [0.3, 0.4) is 0 Å². The van der Waals surface area contributed by atoms with Crippen LogP contribution < -0.4 is 4.90 Å². The molecule has 1 aliphatic heterocycles. The zero-order chi connectivity index (χ0) is 21.4. The summed E-state index contributed by atoms with van der Waals surface area (Å²) in [5.41, 5.74) is -3.56. The molecule has 1 amide bonds. The highest BCUT2D eigenvalue weighted by atomic mass is 16.6. The van der Waals surface area contributed by atoms with Crippen LogP contribution in [0, 0.1) is 11.3 Å². The van der Waals surface area contributed by atoms with E-state index >= 15 is 0 Å². The zero-order valence-corrected chi connectivity index (χ0v) is 16.7. The van der Waals surface area contributed by atoms with Gasteiger partial charge in [-0.15, -0.1) is 0 Å². The van der Waals surface area contributed by atoms with Gasteiger partial charge in [0.2, 0.25) is 5.91 Å². The number of para-hydroxylation sites is 1. The monoisotopic (exact) mass is 403 g/mol. The van der Waals surface area contributed by atoms with E-state index in [0.717, 1.165) is 0 Å². The fraction of sp³-hybridized carbons (Fsp3) is 0.524. The van der Waals surface area contributed by atoms with Crippen molar-refractivity contribution in [2.75, 3.05) is 25.2 Å². The second kappa shape index (κ2) is 7.59. The van der Waals surface area contributed by atoms with Crippen molar-refractivity contribution in [1.29, 1.82) is 0 Å². The number of carbonyl (C=O) groups is 4. The second-order valence-electron chi connectivity index (χ2n) is 7.27. The van der Waals surface area contributed by atoms with Crippen LogP contribution in [0.25, 0.3) is 0 Å². The van der Waals surface area contributed by atoms with E-state index in [1.165, 1.54) is 11.9 Å². The molecule has 1 aliphatic carbocycles. The standard InChI is InChI=1S/C21H25NO7/c1-4-28-18(26)20(19(27)29-5-2)13(12-23)10-11-16(24)21(20)14-8-6-7-9-15(14)22(3)17(21)25/h6-9,12-13,16,24H,4-5,10-11H2,1-3H3/t13-,16+,21-/m0/s1. The van der Waals surface area contributed by atoms with E-state index < -0.39 is 40.7 Å². The number of rotatable bonds is 5. The molecule has 2 aliphatic rings. The Balaban J connectivity index is 2.46. The maximum Gasteiger partial charge on any atom is 0.325 e. The molecule has 3 rings (SSSR count). The van der Waals surface area contributed by atoms with Crippen LogP contribution in [0.4, 0.5) is 5.69 Å². The SMILES string of the molecule is CCOC(=O)C1(C(=O)OCC)[C@H](C=O)CC[C@@H](O)[C@@]12C(=O)N(C)c1ccccc12. The van der Waals surface area contributed by atoms with Crippen LogP contribution in [0.15, 0.2) is 24.3 Å². The van der Waals surface area contributed by atoms with Crippen LogP contribution in [-0.2, 0) is 34.1 Å². The number of likely N-dealkylation sites (N-methyl/N-ethyl adjacent to an activating group) is 1. The van der Waals surface area contributed by atoms with Crippen molar-refractivity contribution in [2.45, 2.75) is 38.2 Å². The number of nitrogens with zero attached hydrogens (tertiary/aromatic N) is 1. The van der Waals surface area contributed by atoms with Crippen molar-refractivity contribution in [3.05, 3.63) is 29.8 Å². The summed E-state index contributed by atoms with van der Waals surface area (Å²) in [6, 6.07) is 6.64. The van der Waals surface area contributed by atoms with Gasteiger partial charge < -0.3 is 24.3 Å². The molecular weight excluding hydrogens is 378 g/mol. The number of benzene rings is 1. The van der Waals surface area contributed by atoms with Gasteiger partial charge in [0.15, 0.2) is 5.41 Å². The van der Waals surface area contributed by atoms with Crippen molar-refractivity contribution in [1.82, 2.24) is 0 Å². The molecule has 8 nitrogen and oxygen atoms in total. The molecule has 0 unspecified atom stereocenters. The first-order chi connectivity index (χ1) is 13.8. The average molecular weight is 403 g/mol. The Labute approximate surface area is 168 Å². The number of aliphatic hydroxyl groups excluding tert-OH is 1. The molecule has 1 saturated carbocycles. The number of carbonyl (C=O) groups excluding carboxylic acids is 4. The third kappa shape index (κ3) is 2.48. The largest absolute Gasteiger partial charge is 0.465 e. The Hall–Kier alpha value is -2.74. The van der Waals surface area contributed by atoms with Crippen molar-refractivity contribution >= 4 is 29.8 Å². The van der Waals surface area contributed by atoms with Crippen LogP contribution in [-0.4, -0.2) is 55.6 Å². The molecular formula is C21H25NO7. The molecule has 1 N–H and O–H groups in total. The van der Waals surface area contributed by atoms with Gasteiger partial charge in [-0.3, -0.25) is 14.4 Å². The summed E-state index contributed by atoms with van der Waals surface area (Å²) < 4.78 is 10.5. The Bertz CT molecular complexity index is 833. The molecule has 1 aromatic rings.